The number of benzene rings is 1. The van der Waals surface area contributed by atoms with Crippen LogP contribution in [0.4, 0.5) is 0 Å². The van der Waals surface area contributed by atoms with Gasteiger partial charge in [-0.05, 0) is 37.3 Å². The molecule has 0 bridgehead atoms. The monoisotopic (exact) mass is 244 g/mol. The number of rotatable bonds is 4. The van der Waals surface area contributed by atoms with E-state index in [0.29, 0.717) is 6.42 Å². The minimum absolute atomic E-state index is 0.255. The fraction of sp³-hybridized carbons (Fsp3) is 0.267. The largest absolute Gasteiger partial charge is 0.294 e. The van der Waals surface area contributed by atoms with E-state index in [2.05, 4.69) is 25.1 Å². The van der Waals surface area contributed by atoms with E-state index in [0.717, 1.165) is 16.9 Å². The van der Waals surface area contributed by atoms with Gasteiger partial charge in [-0.1, -0.05) is 29.8 Å². The number of ketones is 1. The molecule has 2 heteroatoms. The maximum atomic E-state index is 12.0. The van der Waals surface area contributed by atoms with Gasteiger partial charge in [-0.3, -0.25) is 4.79 Å². The molecule has 0 aliphatic carbocycles. The Labute approximate surface area is 106 Å². The van der Waals surface area contributed by atoms with Crippen LogP contribution in [0.25, 0.3) is 0 Å². The number of carbonyl (C=O) groups is 1. The van der Waals surface area contributed by atoms with Gasteiger partial charge in [0.1, 0.15) is 0 Å². The Morgan fingerprint density at radius 1 is 1.24 bits per heavy atom. The van der Waals surface area contributed by atoms with Gasteiger partial charge in [-0.25, -0.2) is 0 Å². The molecule has 0 radical (unpaired) electrons. The molecule has 0 aliphatic rings. The predicted octanol–water partition coefficient (Wildman–Crippen LogP) is 4.18. The molecule has 0 fully saturated rings. The Morgan fingerprint density at radius 3 is 2.71 bits per heavy atom. The normalized spacial score (nSPS) is 10.5. The van der Waals surface area contributed by atoms with Crippen molar-refractivity contribution < 1.29 is 4.79 Å². The lowest BCUT2D eigenvalue weighted by Gasteiger charge is -2.02. The Balaban J connectivity index is 1.99. The molecule has 1 heterocycles. The third-order valence-corrected chi connectivity index (χ3v) is 3.73. The van der Waals surface area contributed by atoms with Crippen molar-refractivity contribution in [2.75, 3.05) is 0 Å². The summed E-state index contributed by atoms with van der Waals surface area (Å²) in [5.74, 6) is 0.255. The lowest BCUT2D eigenvalue weighted by molar-refractivity contribution is 0.0983. The van der Waals surface area contributed by atoms with E-state index in [1.165, 1.54) is 11.1 Å². The summed E-state index contributed by atoms with van der Waals surface area (Å²) in [4.78, 5) is 13.1. The van der Waals surface area contributed by atoms with Crippen molar-refractivity contribution in [1.29, 1.82) is 0 Å². The summed E-state index contributed by atoms with van der Waals surface area (Å²) in [6.45, 7) is 4.08. The molecule has 88 valence electrons. The number of Topliss-reactive ketones (excluding diaryl/α,β-unsaturated/α-hetero) is 1. The number of aryl methyl sites for hydroxylation is 3. The van der Waals surface area contributed by atoms with Crippen molar-refractivity contribution in [2.24, 2.45) is 0 Å². The quantitative estimate of drug-likeness (QED) is 0.737. The highest BCUT2D eigenvalue weighted by molar-refractivity contribution is 7.10. The molecule has 0 spiro atoms. The van der Waals surface area contributed by atoms with E-state index in [1.807, 2.05) is 24.4 Å². The highest BCUT2D eigenvalue weighted by atomic mass is 32.1. The fourth-order valence-electron chi connectivity index (χ4n) is 1.93. The van der Waals surface area contributed by atoms with Crippen molar-refractivity contribution in [3.8, 4) is 0 Å². The van der Waals surface area contributed by atoms with Crippen LogP contribution < -0.4 is 0 Å². The van der Waals surface area contributed by atoms with Crippen LogP contribution in [0.2, 0.25) is 0 Å². The molecular formula is C15H16OS. The Hall–Kier alpha value is -1.41. The maximum absolute atomic E-state index is 12.0. The molecular weight excluding hydrogens is 228 g/mol. The first kappa shape index (κ1) is 12.1. The molecule has 1 aromatic heterocycles. The van der Waals surface area contributed by atoms with E-state index in [-0.39, 0.29) is 5.78 Å². The summed E-state index contributed by atoms with van der Waals surface area (Å²) in [7, 11) is 0. The predicted molar refractivity (Wildman–Crippen MR) is 72.9 cm³/mol. The van der Waals surface area contributed by atoms with Gasteiger partial charge in [-0.15, -0.1) is 11.3 Å². The number of hydrogen-bond acceptors (Lipinski definition) is 2. The van der Waals surface area contributed by atoms with Gasteiger partial charge in [-0.2, -0.15) is 0 Å². The summed E-state index contributed by atoms with van der Waals surface area (Å²) in [5.41, 5.74) is 3.38. The van der Waals surface area contributed by atoms with Gasteiger partial charge < -0.3 is 0 Å². The van der Waals surface area contributed by atoms with Crippen LogP contribution in [0.15, 0.2) is 35.7 Å². The summed E-state index contributed by atoms with van der Waals surface area (Å²) in [6.07, 6.45) is 1.43. The van der Waals surface area contributed by atoms with Gasteiger partial charge in [0.25, 0.3) is 0 Å². The topological polar surface area (TPSA) is 17.1 Å². The molecule has 0 atom stereocenters. The first-order chi connectivity index (χ1) is 8.16. The van der Waals surface area contributed by atoms with Crippen LogP contribution in [0.3, 0.4) is 0 Å². The smallest absolute Gasteiger partial charge is 0.164 e. The second-order valence-corrected chi connectivity index (χ2v) is 5.42. The number of hydrogen-bond donors (Lipinski definition) is 0. The molecule has 0 aliphatic heterocycles. The van der Waals surface area contributed by atoms with Gasteiger partial charge in [0.05, 0.1) is 0 Å². The Kier molecular flexibility index (Phi) is 3.75. The van der Waals surface area contributed by atoms with E-state index in [1.54, 1.807) is 11.3 Å². The molecule has 1 aromatic carbocycles. The second-order valence-electron chi connectivity index (χ2n) is 4.30. The van der Waals surface area contributed by atoms with Crippen LogP contribution in [0.1, 0.15) is 32.8 Å². The number of thiophene rings is 1. The maximum Gasteiger partial charge on any atom is 0.164 e. The van der Waals surface area contributed by atoms with Crippen molar-refractivity contribution >= 4 is 17.1 Å². The summed E-state index contributed by atoms with van der Waals surface area (Å²) in [6, 6.07) is 10.3. The zero-order valence-corrected chi connectivity index (χ0v) is 11.0. The Bertz CT molecular complexity index is 525. The van der Waals surface area contributed by atoms with Crippen LogP contribution >= 0.6 is 11.3 Å². The average molecular weight is 244 g/mol. The van der Waals surface area contributed by atoms with Crippen LogP contribution in [-0.2, 0) is 6.42 Å². The number of carbonyl (C=O) groups excluding carboxylic acids is 1. The molecule has 1 nitrogen and oxygen atoms in total. The molecule has 0 saturated carbocycles. The fourth-order valence-corrected chi connectivity index (χ4v) is 2.65. The average Bonchev–Trinajstić information content (AvgIpc) is 2.72. The zero-order valence-electron chi connectivity index (χ0n) is 10.2. The first-order valence-corrected chi connectivity index (χ1v) is 6.67. The molecule has 0 amide bonds. The first-order valence-electron chi connectivity index (χ1n) is 5.79. The zero-order chi connectivity index (χ0) is 12.3. The highest BCUT2D eigenvalue weighted by Gasteiger charge is 2.09. The van der Waals surface area contributed by atoms with Crippen LogP contribution in [0, 0.1) is 13.8 Å². The Morgan fingerprint density at radius 2 is 2.06 bits per heavy atom. The van der Waals surface area contributed by atoms with E-state index >= 15 is 0 Å². The second kappa shape index (κ2) is 5.28. The van der Waals surface area contributed by atoms with Crippen molar-refractivity contribution in [1.82, 2.24) is 0 Å². The third-order valence-electron chi connectivity index (χ3n) is 2.88. The van der Waals surface area contributed by atoms with Crippen molar-refractivity contribution in [3.05, 3.63) is 57.3 Å². The van der Waals surface area contributed by atoms with E-state index in [9.17, 15) is 4.79 Å². The molecule has 2 aromatic rings. The van der Waals surface area contributed by atoms with E-state index < -0.39 is 0 Å². The summed E-state index contributed by atoms with van der Waals surface area (Å²) in [5, 5.41) is 1.98. The van der Waals surface area contributed by atoms with Crippen molar-refractivity contribution in [3.63, 3.8) is 0 Å². The van der Waals surface area contributed by atoms with Gasteiger partial charge in [0.2, 0.25) is 0 Å². The van der Waals surface area contributed by atoms with Crippen LogP contribution in [-0.4, -0.2) is 5.78 Å². The molecule has 17 heavy (non-hydrogen) atoms. The summed E-state index contributed by atoms with van der Waals surface area (Å²) >= 11 is 1.64. The lowest BCUT2D eigenvalue weighted by Crippen LogP contribution is -2.01. The molecule has 0 N–H and O–H groups in total. The standard InChI is InChI=1S/C15H16OS/c1-11-4-3-5-13(10-11)6-7-15(16)14-8-9-17-12(14)2/h3-5,8-10H,6-7H2,1-2H3. The van der Waals surface area contributed by atoms with Gasteiger partial charge in [0, 0.05) is 16.9 Å². The van der Waals surface area contributed by atoms with Gasteiger partial charge >= 0.3 is 0 Å². The lowest BCUT2D eigenvalue weighted by atomic mass is 10.0. The van der Waals surface area contributed by atoms with Crippen molar-refractivity contribution in [2.45, 2.75) is 26.7 Å². The minimum atomic E-state index is 0.255. The SMILES string of the molecule is Cc1cccc(CCC(=O)c2ccsc2C)c1. The minimum Gasteiger partial charge on any atom is -0.294 e. The molecule has 2 rings (SSSR count). The molecule has 0 unspecified atom stereocenters. The molecule has 0 saturated heterocycles. The third kappa shape index (κ3) is 3.04. The van der Waals surface area contributed by atoms with Crippen LogP contribution in [0.5, 0.6) is 0 Å². The highest BCUT2D eigenvalue weighted by Crippen LogP contribution is 2.18. The van der Waals surface area contributed by atoms with Gasteiger partial charge in [0.15, 0.2) is 5.78 Å². The van der Waals surface area contributed by atoms with E-state index in [4.69, 9.17) is 0 Å². The summed E-state index contributed by atoms with van der Waals surface area (Å²) < 4.78 is 0.